The Labute approximate surface area is 426 Å². The molecule has 0 unspecified atom stereocenters. The lowest BCUT2D eigenvalue weighted by atomic mass is 10.0. The second kappa shape index (κ2) is 38.2. The van der Waals surface area contributed by atoms with Crippen molar-refractivity contribution in [3.8, 4) is 0 Å². The van der Waals surface area contributed by atoms with Crippen LogP contribution in [-0.2, 0) is 71.4 Å². The summed E-state index contributed by atoms with van der Waals surface area (Å²) in [4.78, 5) is 86.4. The molecule has 0 fully saturated rings. The summed E-state index contributed by atoms with van der Waals surface area (Å²) in [5, 5.41) is 13.5. The topological polar surface area (TPSA) is 288 Å². The molecule has 2 aliphatic rings. The van der Waals surface area contributed by atoms with Crippen molar-refractivity contribution in [2.45, 2.75) is 19.8 Å². The van der Waals surface area contributed by atoms with Gasteiger partial charge in [-0.2, -0.15) is 0 Å². The number of carbonyl (C=O) groups is 6. The van der Waals surface area contributed by atoms with Crippen LogP contribution in [0.15, 0.2) is 40.9 Å². The number of nitrogens with one attached hydrogen (secondary N) is 1. The molecule has 0 aliphatic carbocycles. The van der Waals surface area contributed by atoms with Crippen LogP contribution in [0.2, 0.25) is 0 Å². The molecule has 2 heterocycles. The maximum atomic E-state index is 13.6. The standard InChI is InChI=1S/C48H75N7O18/c1-4-10-55(47(60)40-34-38-5-6-39(46(59)52(2)3)35-41(38)51-42(49)36-40)73-15-12-53(48(61)62)11-14-64-17-19-66-21-23-68-25-27-70-29-31-72-33-32-71-30-28-69-26-24-67-22-20-65-18-16-63-13-9-50-43(56)37-54-44(57)7-8-45(54)58/h5-8,34-35H,4,9-33,36-37H2,1-3H3,(H2,49,51)(H,50,56)(H,61,62). The minimum Gasteiger partial charge on any atom is -0.465 e. The van der Waals surface area contributed by atoms with E-state index in [0.717, 1.165) is 22.0 Å². The van der Waals surface area contributed by atoms with Crippen LogP contribution in [-0.4, -0.2) is 252 Å². The van der Waals surface area contributed by atoms with Gasteiger partial charge in [-0.25, -0.2) is 14.9 Å². The van der Waals surface area contributed by atoms with Gasteiger partial charge in [0.05, 0.1) is 151 Å². The number of rotatable bonds is 43. The number of hydroxylamine groups is 2. The van der Waals surface area contributed by atoms with E-state index in [9.17, 15) is 33.9 Å². The molecule has 0 radical (unpaired) electrons. The van der Waals surface area contributed by atoms with Crippen LogP contribution in [0.5, 0.6) is 0 Å². The second-order valence-corrected chi connectivity index (χ2v) is 16.0. The van der Waals surface area contributed by atoms with Gasteiger partial charge in [-0.05, 0) is 24.6 Å². The molecular weight excluding hydrogens is 963 g/mol. The van der Waals surface area contributed by atoms with Crippen LogP contribution in [0.25, 0.3) is 6.08 Å². The number of hydrogen-bond donors (Lipinski definition) is 3. The molecule has 25 nitrogen and oxygen atoms in total. The van der Waals surface area contributed by atoms with Crippen molar-refractivity contribution in [2.24, 2.45) is 10.7 Å². The molecule has 410 valence electrons. The van der Waals surface area contributed by atoms with Crippen LogP contribution in [0, 0.1) is 0 Å². The highest BCUT2D eigenvalue weighted by Gasteiger charge is 2.26. The monoisotopic (exact) mass is 1040 g/mol. The number of nitrogens with two attached hydrogens (primary N) is 1. The Kier molecular flexibility index (Phi) is 32.3. The fourth-order valence-electron chi connectivity index (χ4n) is 6.38. The number of amides is 6. The van der Waals surface area contributed by atoms with E-state index < -0.39 is 29.7 Å². The van der Waals surface area contributed by atoms with Gasteiger partial charge in [-0.3, -0.25) is 33.7 Å². The molecule has 0 aromatic heterocycles. The van der Waals surface area contributed by atoms with E-state index in [1.165, 1.54) is 9.96 Å². The third kappa shape index (κ3) is 26.9. The number of benzene rings is 1. The van der Waals surface area contributed by atoms with Gasteiger partial charge in [0, 0.05) is 69.0 Å². The normalized spacial score (nSPS) is 13.2. The van der Waals surface area contributed by atoms with Crippen molar-refractivity contribution in [3.63, 3.8) is 0 Å². The van der Waals surface area contributed by atoms with E-state index in [1.807, 2.05) is 6.92 Å². The van der Waals surface area contributed by atoms with Crippen LogP contribution < -0.4 is 11.1 Å². The lowest BCUT2D eigenvalue weighted by Crippen LogP contribution is -2.41. The number of fused-ring (bicyclic) bond motifs is 1. The lowest BCUT2D eigenvalue weighted by Gasteiger charge is -2.25. The first-order chi connectivity index (χ1) is 35.4. The van der Waals surface area contributed by atoms with Crippen molar-refractivity contribution < 1.29 is 86.1 Å². The van der Waals surface area contributed by atoms with Crippen molar-refractivity contribution >= 4 is 53.2 Å². The van der Waals surface area contributed by atoms with Crippen LogP contribution in [0.1, 0.15) is 35.7 Å². The summed E-state index contributed by atoms with van der Waals surface area (Å²) < 4.78 is 54.8. The largest absolute Gasteiger partial charge is 0.465 e. The van der Waals surface area contributed by atoms with Crippen molar-refractivity contribution in [1.29, 1.82) is 0 Å². The Hall–Kier alpha value is -5.45. The number of carbonyl (C=O) groups excluding carboxylic acids is 5. The fourth-order valence-corrected chi connectivity index (χ4v) is 6.38. The van der Waals surface area contributed by atoms with E-state index in [-0.39, 0.29) is 77.3 Å². The number of aliphatic imine (C=N–C) groups is 1. The Morgan fingerprint density at radius 3 is 1.55 bits per heavy atom. The Morgan fingerprint density at radius 1 is 0.644 bits per heavy atom. The van der Waals surface area contributed by atoms with Crippen LogP contribution in [0.3, 0.4) is 0 Å². The molecule has 0 saturated heterocycles. The molecule has 1 aromatic rings. The van der Waals surface area contributed by atoms with Gasteiger partial charge in [0.15, 0.2) is 0 Å². The van der Waals surface area contributed by atoms with Crippen LogP contribution in [0.4, 0.5) is 10.5 Å². The molecule has 0 bridgehead atoms. The van der Waals surface area contributed by atoms with E-state index in [2.05, 4.69) is 10.3 Å². The first kappa shape index (κ1) is 61.8. The molecular formula is C48H75N7O18. The third-order valence-corrected chi connectivity index (χ3v) is 10.1. The molecule has 4 N–H and O–H groups in total. The van der Waals surface area contributed by atoms with Gasteiger partial charge < -0.3 is 73.3 Å². The summed E-state index contributed by atoms with van der Waals surface area (Å²) in [6.07, 6.45) is 3.46. The highest BCUT2D eigenvalue weighted by atomic mass is 16.7. The van der Waals surface area contributed by atoms with Gasteiger partial charge in [-0.15, -0.1) is 0 Å². The van der Waals surface area contributed by atoms with Gasteiger partial charge in [0.1, 0.15) is 12.4 Å². The quantitative estimate of drug-likeness (QED) is 0.0457. The molecule has 3 rings (SSSR count). The molecule has 0 saturated carbocycles. The molecule has 6 amide bonds. The number of carboxylic acid groups (broad SMARTS) is 1. The Morgan fingerprint density at radius 2 is 1.10 bits per heavy atom. The second-order valence-electron chi connectivity index (χ2n) is 16.0. The molecule has 2 aliphatic heterocycles. The highest BCUT2D eigenvalue weighted by Crippen LogP contribution is 2.29. The average Bonchev–Trinajstić information content (AvgIpc) is 3.57. The Bertz CT molecular complexity index is 1900. The number of ether oxygens (including phenoxy) is 10. The maximum Gasteiger partial charge on any atom is 0.407 e. The third-order valence-electron chi connectivity index (χ3n) is 10.1. The first-order valence-corrected chi connectivity index (χ1v) is 24.3. The SMILES string of the molecule is CCCN(OCCN(CCOCCOCCOCCOCCOCCOCCOCCOCCOCCOCCNC(=O)CN1C(=O)C=CC1=O)C(=O)O)C(=O)C1=Cc2ccc(C(=O)N(C)C)cc2N=C(N)C1. The van der Waals surface area contributed by atoms with Gasteiger partial charge in [0.2, 0.25) is 5.91 Å². The summed E-state index contributed by atoms with van der Waals surface area (Å²) in [7, 11) is 3.31. The first-order valence-electron chi connectivity index (χ1n) is 24.3. The molecule has 25 heteroatoms. The zero-order chi connectivity index (χ0) is 52.9. The predicted octanol–water partition coefficient (Wildman–Crippen LogP) is 0.522. The number of hydrogen-bond acceptors (Lipinski definition) is 19. The molecule has 1 aromatic carbocycles. The Balaban J connectivity index is 1.04. The van der Waals surface area contributed by atoms with Crippen LogP contribution >= 0.6 is 0 Å². The van der Waals surface area contributed by atoms with Crippen molar-refractivity contribution in [1.82, 2.24) is 25.1 Å². The summed E-state index contributed by atoms with van der Waals surface area (Å²) in [6, 6.07) is 5.02. The summed E-state index contributed by atoms with van der Waals surface area (Å²) >= 11 is 0. The van der Waals surface area contributed by atoms with E-state index >= 15 is 0 Å². The van der Waals surface area contributed by atoms with Crippen molar-refractivity contribution in [3.05, 3.63) is 47.1 Å². The zero-order valence-electron chi connectivity index (χ0n) is 42.5. The summed E-state index contributed by atoms with van der Waals surface area (Å²) in [5.74, 6) is -1.84. The number of amidine groups is 1. The smallest absolute Gasteiger partial charge is 0.407 e. The van der Waals surface area contributed by atoms with Gasteiger partial charge in [0.25, 0.3) is 23.6 Å². The van der Waals surface area contributed by atoms with Gasteiger partial charge >= 0.3 is 6.09 Å². The van der Waals surface area contributed by atoms with Crippen molar-refractivity contribution in [2.75, 3.05) is 186 Å². The highest BCUT2D eigenvalue weighted by molar-refractivity contribution is 6.14. The number of nitrogens with zero attached hydrogens (tertiary/aromatic N) is 5. The molecule has 0 atom stereocenters. The predicted molar refractivity (Wildman–Crippen MR) is 263 cm³/mol. The lowest BCUT2D eigenvalue weighted by molar-refractivity contribution is -0.183. The maximum absolute atomic E-state index is 13.6. The minimum absolute atomic E-state index is 0.00356. The van der Waals surface area contributed by atoms with E-state index in [0.29, 0.717) is 141 Å². The summed E-state index contributed by atoms with van der Waals surface area (Å²) in [6.45, 7) is 9.58. The average molecular weight is 1040 g/mol. The van der Waals surface area contributed by atoms with E-state index in [4.69, 9.17) is 57.9 Å². The van der Waals surface area contributed by atoms with E-state index in [1.54, 1.807) is 38.4 Å². The molecule has 73 heavy (non-hydrogen) atoms. The molecule has 0 spiro atoms. The van der Waals surface area contributed by atoms with Gasteiger partial charge in [-0.1, -0.05) is 13.0 Å². The fraction of sp³-hybridized carbons (Fsp3) is 0.646. The zero-order valence-corrected chi connectivity index (χ0v) is 42.5. The summed E-state index contributed by atoms with van der Waals surface area (Å²) in [5.41, 5.74) is 8.07. The number of imide groups is 1. The minimum atomic E-state index is -1.15.